The first-order valence-electron chi connectivity index (χ1n) is 7.00. The number of para-hydroxylation sites is 2. The molecule has 0 saturated carbocycles. The van der Waals surface area contributed by atoms with Crippen LogP contribution < -0.4 is 10.5 Å². The number of morpholine rings is 1. The highest BCUT2D eigenvalue weighted by molar-refractivity contribution is 5.51. The highest BCUT2D eigenvalue weighted by Crippen LogP contribution is 2.20. The van der Waals surface area contributed by atoms with E-state index in [9.17, 15) is 0 Å². The number of nitrogens with two attached hydrogens (primary N) is 1. The molecule has 1 aromatic rings. The highest BCUT2D eigenvalue weighted by Gasteiger charge is 2.22. The van der Waals surface area contributed by atoms with Crippen molar-refractivity contribution in [1.82, 2.24) is 4.90 Å². The molecule has 1 saturated heterocycles. The number of anilines is 1. The largest absolute Gasteiger partial charge is 0.491 e. The number of hydrogen-bond donors (Lipinski definition) is 1. The zero-order valence-corrected chi connectivity index (χ0v) is 11.8. The summed E-state index contributed by atoms with van der Waals surface area (Å²) in [4.78, 5) is 2.46. The fraction of sp³-hybridized carbons (Fsp3) is 0.600. The second kappa shape index (κ2) is 6.78. The minimum Gasteiger partial charge on any atom is -0.491 e. The standard InChI is InChI=1S/C15H24N2O2/c1-12-11-19-13(2)10-17(12)8-5-9-18-15-7-4-3-6-14(15)16/h3-4,6-7,12-13H,5,8-11,16H2,1-2H3. The van der Waals surface area contributed by atoms with Gasteiger partial charge in [-0.2, -0.15) is 0 Å². The molecule has 0 aliphatic carbocycles. The predicted molar refractivity (Wildman–Crippen MR) is 77.4 cm³/mol. The molecule has 0 bridgehead atoms. The molecule has 0 amide bonds. The number of hydrogen-bond acceptors (Lipinski definition) is 4. The maximum Gasteiger partial charge on any atom is 0.142 e. The Morgan fingerprint density at radius 2 is 2.16 bits per heavy atom. The number of benzene rings is 1. The second-order valence-electron chi connectivity index (χ2n) is 5.23. The molecule has 2 unspecified atom stereocenters. The number of rotatable bonds is 5. The van der Waals surface area contributed by atoms with Crippen molar-refractivity contribution < 1.29 is 9.47 Å². The van der Waals surface area contributed by atoms with Crippen LogP contribution >= 0.6 is 0 Å². The van der Waals surface area contributed by atoms with Crippen LogP contribution in [0.25, 0.3) is 0 Å². The van der Waals surface area contributed by atoms with Crippen molar-refractivity contribution in [1.29, 1.82) is 0 Å². The van der Waals surface area contributed by atoms with Gasteiger partial charge in [-0.3, -0.25) is 4.90 Å². The van der Waals surface area contributed by atoms with Crippen LogP contribution in [0.15, 0.2) is 24.3 Å². The Labute approximate surface area is 115 Å². The number of ether oxygens (including phenoxy) is 2. The van der Waals surface area contributed by atoms with Gasteiger partial charge in [0.15, 0.2) is 0 Å². The van der Waals surface area contributed by atoms with E-state index < -0.39 is 0 Å². The highest BCUT2D eigenvalue weighted by atomic mass is 16.5. The molecular weight excluding hydrogens is 240 g/mol. The summed E-state index contributed by atoms with van der Waals surface area (Å²) >= 11 is 0. The third kappa shape index (κ3) is 4.11. The summed E-state index contributed by atoms with van der Waals surface area (Å²) in [5, 5.41) is 0. The molecule has 1 aliphatic heterocycles. The van der Waals surface area contributed by atoms with Crippen LogP contribution in [0.5, 0.6) is 5.75 Å². The van der Waals surface area contributed by atoms with Gasteiger partial charge in [-0.25, -0.2) is 0 Å². The van der Waals surface area contributed by atoms with Crippen molar-refractivity contribution >= 4 is 5.69 Å². The summed E-state index contributed by atoms with van der Waals surface area (Å²) in [5.74, 6) is 0.783. The maximum atomic E-state index is 5.83. The third-order valence-electron chi connectivity index (χ3n) is 3.50. The van der Waals surface area contributed by atoms with Crippen LogP contribution in [-0.4, -0.2) is 43.3 Å². The van der Waals surface area contributed by atoms with E-state index in [1.807, 2.05) is 24.3 Å². The van der Waals surface area contributed by atoms with Gasteiger partial charge >= 0.3 is 0 Å². The first-order chi connectivity index (χ1) is 9.16. The lowest BCUT2D eigenvalue weighted by Crippen LogP contribution is -2.47. The maximum absolute atomic E-state index is 5.83. The molecule has 1 aliphatic rings. The number of nitrogen functional groups attached to an aromatic ring is 1. The van der Waals surface area contributed by atoms with Crippen molar-refractivity contribution in [2.24, 2.45) is 0 Å². The lowest BCUT2D eigenvalue weighted by atomic mass is 10.2. The average molecular weight is 264 g/mol. The van der Waals surface area contributed by atoms with E-state index in [2.05, 4.69) is 18.7 Å². The minimum absolute atomic E-state index is 0.335. The predicted octanol–water partition coefficient (Wildman–Crippen LogP) is 2.15. The molecule has 19 heavy (non-hydrogen) atoms. The molecule has 1 aromatic carbocycles. The normalized spacial score (nSPS) is 24.3. The summed E-state index contributed by atoms with van der Waals surface area (Å²) < 4.78 is 11.3. The van der Waals surface area contributed by atoms with E-state index in [1.54, 1.807) is 0 Å². The van der Waals surface area contributed by atoms with Gasteiger partial charge in [0.25, 0.3) is 0 Å². The SMILES string of the molecule is CC1CN(CCCOc2ccccc2N)C(C)CO1. The molecule has 2 N–H and O–H groups in total. The molecule has 2 rings (SSSR count). The molecule has 0 radical (unpaired) electrons. The van der Waals surface area contributed by atoms with E-state index in [4.69, 9.17) is 15.2 Å². The first-order valence-corrected chi connectivity index (χ1v) is 7.00. The summed E-state index contributed by atoms with van der Waals surface area (Å²) in [7, 11) is 0. The van der Waals surface area contributed by atoms with E-state index >= 15 is 0 Å². The van der Waals surface area contributed by atoms with Crippen LogP contribution in [0.3, 0.4) is 0 Å². The fourth-order valence-electron chi connectivity index (χ4n) is 2.35. The fourth-order valence-corrected chi connectivity index (χ4v) is 2.35. The van der Waals surface area contributed by atoms with Crippen LogP contribution in [-0.2, 0) is 4.74 Å². The van der Waals surface area contributed by atoms with Gasteiger partial charge in [0.2, 0.25) is 0 Å². The van der Waals surface area contributed by atoms with Gasteiger partial charge in [-0.05, 0) is 32.4 Å². The molecule has 2 atom stereocenters. The Morgan fingerprint density at radius 3 is 2.95 bits per heavy atom. The van der Waals surface area contributed by atoms with Crippen LogP contribution in [0.2, 0.25) is 0 Å². The van der Waals surface area contributed by atoms with Crippen LogP contribution in [0, 0.1) is 0 Å². The summed E-state index contributed by atoms with van der Waals surface area (Å²) in [5.41, 5.74) is 6.54. The molecule has 1 fully saturated rings. The summed E-state index contributed by atoms with van der Waals surface area (Å²) in [6.07, 6.45) is 1.34. The summed E-state index contributed by atoms with van der Waals surface area (Å²) in [6.45, 7) is 7.92. The molecule has 0 aromatic heterocycles. The van der Waals surface area contributed by atoms with Gasteiger partial charge in [-0.15, -0.1) is 0 Å². The van der Waals surface area contributed by atoms with Crippen molar-refractivity contribution in [3.05, 3.63) is 24.3 Å². The van der Waals surface area contributed by atoms with Gasteiger partial charge in [0.1, 0.15) is 5.75 Å². The van der Waals surface area contributed by atoms with Crippen molar-refractivity contribution in [3.63, 3.8) is 0 Å². The van der Waals surface area contributed by atoms with Crippen LogP contribution in [0.4, 0.5) is 5.69 Å². The minimum atomic E-state index is 0.335. The Kier molecular flexibility index (Phi) is 5.05. The van der Waals surface area contributed by atoms with E-state index in [1.165, 1.54) is 0 Å². The third-order valence-corrected chi connectivity index (χ3v) is 3.50. The van der Waals surface area contributed by atoms with Gasteiger partial charge in [-0.1, -0.05) is 12.1 Å². The van der Waals surface area contributed by atoms with Gasteiger partial charge < -0.3 is 15.2 Å². The molecule has 4 nitrogen and oxygen atoms in total. The Morgan fingerprint density at radius 1 is 1.37 bits per heavy atom. The molecule has 1 heterocycles. The topological polar surface area (TPSA) is 47.7 Å². The zero-order valence-electron chi connectivity index (χ0n) is 11.8. The average Bonchev–Trinajstić information content (AvgIpc) is 2.40. The molecular formula is C15H24N2O2. The zero-order chi connectivity index (χ0) is 13.7. The Balaban J connectivity index is 1.70. The van der Waals surface area contributed by atoms with Crippen LogP contribution in [0.1, 0.15) is 20.3 Å². The molecule has 106 valence electrons. The quantitative estimate of drug-likeness (QED) is 0.654. The Bertz CT molecular complexity index is 397. The van der Waals surface area contributed by atoms with Gasteiger partial charge in [0, 0.05) is 19.1 Å². The second-order valence-corrected chi connectivity index (χ2v) is 5.23. The van der Waals surface area contributed by atoms with Crippen molar-refractivity contribution in [3.8, 4) is 5.75 Å². The van der Waals surface area contributed by atoms with E-state index in [0.29, 0.717) is 24.4 Å². The smallest absolute Gasteiger partial charge is 0.142 e. The van der Waals surface area contributed by atoms with E-state index in [-0.39, 0.29) is 0 Å². The Hall–Kier alpha value is -1.26. The van der Waals surface area contributed by atoms with Gasteiger partial charge in [0.05, 0.1) is 25.0 Å². The monoisotopic (exact) mass is 264 g/mol. The lowest BCUT2D eigenvalue weighted by molar-refractivity contribution is -0.0502. The van der Waals surface area contributed by atoms with E-state index in [0.717, 1.165) is 31.9 Å². The first kappa shape index (κ1) is 14.2. The van der Waals surface area contributed by atoms with Crippen molar-refractivity contribution in [2.75, 3.05) is 32.0 Å². The van der Waals surface area contributed by atoms with Crippen molar-refractivity contribution in [2.45, 2.75) is 32.4 Å². The summed E-state index contributed by atoms with van der Waals surface area (Å²) in [6, 6.07) is 8.13. The molecule has 0 spiro atoms. The number of nitrogens with zero attached hydrogens (tertiary/aromatic N) is 1. The molecule has 4 heteroatoms. The lowest BCUT2D eigenvalue weighted by Gasteiger charge is -2.36.